The molecule has 6 heteroatoms. The summed E-state index contributed by atoms with van der Waals surface area (Å²) in [5, 5.41) is 2.80. The van der Waals surface area contributed by atoms with Crippen LogP contribution in [0.25, 0.3) is 0 Å². The van der Waals surface area contributed by atoms with Crippen LogP contribution < -0.4 is 10.9 Å². The molecule has 0 saturated carbocycles. The average Bonchev–Trinajstić information content (AvgIpc) is 2.38. The monoisotopic (exact) mass is 397 g/mol. The van der Waals surface area contributed by atoms with Gasteiger partial charge in [0.25, 0.3) is 5.56 Å². The Morgan fingerprint density at radius 3 is 2.67 bits per heavy atom. The van der Waals surface area contributed by atoms with E-state index in [9.17, 15) is 9.59 Å². The van der Waals surface area contributed by atoms with E-state index in [1.807, 2.05) is 25.1 Å². The molecular weight excluding hydrogens is 381 g/mol. The molecule has 1 aromatic carbocycles. The van der Waals surface area contributed by atoms with Gasteiger partial charge in [-0.3, -0.25) is 9.59 Å². The lowest BCUT2D eigenvalue weighted by Crippen LogP contribution is -2.24. The predicted molar refractivity (Wildman–Crippen MR) is 90.6 cm³/mol. The molecule has 1 amide bonds. The number of benzene rings is 1. The van der Waals surface area contributed by atoms with E-state index in [0.717, 1.165) is 14.8 Å². The van der Waals surface area contributed by atoms with Crippen molar-refractivity contribution in [2.24, 2.45) is 0 Å². The fourth-order valence-electron chi connectivity index (χ4n) is 2.00. The van der Waals surface area contributed by atoms with Crippen LogP contribution >= 0.6 is 22.6 Å². The van der Waals surface area contributed by atoms with Crippen molar-refractivity contribution in [2.45, 2.75) is 27.2 Å². The van der Waals surface area contributed by atoms with Crippen molar-refractivity contribution in [3.63, 3.8) is 0 Å². The van der Waals surface area contributed by atoms with Crippen LogP contribution in [0.15, 0.2) is 23.0 Å². The van der Waals surface area contributed by atoms with Gasteiger partial charge in [-0.2, -0.15) is 0 Å². The second-order valence-corrected chi connectivity index (χ2v) is 6.07. The first kappa shape index (κ1) is 15.7. The van der Waals surface area contributed by atoms with E-state index in [1.165, 1.54) is 0 Å². The number of aryl methyl sites for hydroxylation is 3. The number of aromatic amines is 1. The highest BCUT2D eigenvalue weighted by Crippen LogP contribution is 2.17. The zero-order valence-electron chi connectivity index (χ0n) is 12.1. The van der Waals surface area contributed by atoms with Crippen LogP contribution in [0.5, 0.6) is 0 Å². The SMILES string of the molecule is Cc1nc(C)c(CC(=O)Nc2ccc(C)c(I)c2)c(=O)[nH]1. The molecule has 0 aliphatic rings. The molecule has 0 aliphatic carbocycles. The van der Waals surface area contributed by atoms with Gasteiger partial charge >= 0.3 is 0 Å². The first-order valence-electron chi connectivity index (χ1n) is 6.49. The highest BCUT2D eigenvalue weighted by molar-refractivity contribution is 14.1. The lowest BCUT2D eigenvalue weighted by atomic mass is 10.1. The third-order valence-electron chi connectivity index (χ3n) is 3.13. The summed E-state index contributed by atoms with van der Waals surface area (Å²) in [7, 11) is 0. The topological polar surface area (TPSA) is 74.8 Å². The molecule has 5 nitrogen and oxygen atoms in total. The Hall–Kier alpha value is -1.70. The molecule has 0 radical (unpaired) electrons. The minimum absolute atomic E-state index is 0.0128. The molecule has 2 rings (SSSR count). The Kier molecular flexibility index (Phi) is 4.76. The van der Waals surface area contributed by atoms with Crippen LogP contribution in [0.3, 0.4) is 0 Å². The molecule has 110 valence electrons. The maximum atomic E-state index is 12.1. The molecule has 0 unspecified atom stereocenters. The van der Waals surface area contributed by atoms with Gasteiger partial charge in [-0.25, -0.2) is 4.98 Å². The summed E-state index contributed by atoms with van der Waals surface area (Å²) in [4.78, 5) is 30.7. The standard InChI is InChI=1S/C15H16IN3O2/c1-8-4-5-11(6-13(8)16)19-14(20)7-12-9(2)17-10(3)18-15(12)21/h4-6H,7H2,1-3H3,(H,19,20)(H,17,18,21). The van der Waals surface area contributed by atoms with Crippen molar-refractivity contribution >= 4 is 34.2 Å². The van der Waals surface area contributed by atoms with E-state index in [2.05, 4.69) is 37.9 Å². The summed E-state index contributed by atoms with van der Waals surface area (Å²) in [6.07, 6.45) is 0.0128. The fraction of sp³-hybridized carbons (Fsp3) is 0.267. The summed E-state index contributed by atoms with van der Waals surface area (Å²) < 4.78 is 1.08. The van der Waals surface area contributed by atoms with Crippen molar-refractivity contribution in [1.82, 2.24) is 9.97 Å². The Labute approximate surface area is 136 Å². The number of rotatable bonds is 3. The van der Waals surface area contributed by atoms with Gasteiger partial charge in [0, 0.05) is 20.5 Å². The van der Waals surface area contributed by atoms with Crippen LogP contribution in [0.2, 0.25) is 0 Å². The number of H-pyrrole nitrogens is 1. The molecule has 0 spiro atoms. The highest BCUT2D eigenvalue weighted by Gasteiger charge is 2.12. The van der Waals surface area contributed by atoms with E-state index in [-0.39, 0.29) is 17.9 Å². The number of hydrogen-bond acceptors (Lipinski definition) is 3. The number of halogens is 1. The van der Waals surface area contributed by atoms with Gasteiger partial charge in [-0.1, -0.05) is 6.07 Å². The molecule has 0 saturated heterocycles. The Morgan fingerprint density at radius 1 is 1.33 bits per heavy atom. The molecular formula is C15H16IN3O2. The van der Waals surface area contributed by atoms with Gasteiger partial charge in [0.15, 0.2) is 0 Å². The molecule has 0 bridgehead atoms. The highest BCUT2D eigenvalue weighted by atomic mass is 127. The van der Waals surface area contributed by atoms with E-state index in [1.54, 1.807) is 13.8 Å². The molecule has 21 heavy (non-hydrogen) atoms. The summed E-state index contributed by atoms with van der Waals surface area (Å²) >= 11 is 2.22. The minimum atomic E-state index is -0.256. The number of nitrogens with zero attached hydrogens (tertiary/aromatic N) is 1. The number of carbonyl (C=O) groups is 1. The largest absolute Gasteiger partial charge is 0.326 e. The quantitative estimate of drug-likeness (QED) is 0.782. The number of amides is 1. The molecule has 0 fully saturated rings. The second kappa shape index (κ2) is 6.38. The summed E-state index contributed by atoms with van der Waals surface area (Å²) in [5.41, 5.74) is 2.62. The summed E-state index contributed by atoms with van der Waals surface area (Å²) in [5.74, 6) is 0.323. The minimum Gasteiger partial charge on any atom is -0.326 e. The molecule has 0 aliphatic heterocycles. The van der Waals surface area contributed by atoms with Crippen molar-refractivity contribution < 1.29 is 4.79 Å². The first-order valence-corrected chi connectivity index (χ1v) is 7.57. The van der Waals surface area contributed by atoms with E-state index >= 15 is 0 Å². The van der Waals surface area contributed by atoms with Gasteiger partial charge in [-0.05, 0) is 61.1 Å². The van der Waals surface area contributed by atoms with Crippen LogP contribution in [0, 0.1) is 24.3 Å². The predicted octanol–water partition coefficient (Wildman–Crippen LogP) is 2.48. The van der Waals surface area contributed by atoms with Crippen LogP contribution in [-0.2, 0) is 11.2 Å². The van der Waals surface area contributed by atoms with Crippen molar-refractivity contribution in [3.8, 4) is 0 Å². The van der Waals surface area contributed by atoms with E-state index in [4.69, 9.17) is 0 Å². The molecule has 2 aromatic rings. The van der Waals surface area contributed by atoms with Crippen molar-refractivity contribution in [2.75, 3.05) is 5.32 Å². The lowest BCUT2D eigenvalue weighted by Gasteiger charge is -2.08. The van der Waals surface area contributed by atoms with Gasteiger partial charge in [0.05, 0.1) is 6.42 Å². The van der Waals surface area contributed by atoms with Crippen LogP contribution in [0.4, 0.5) is 5.69 Å². The van der Waals surface area contributed by atoms with Gasteiger partial charge < -0.3 is 10.3 Å². The van der Waals surface area contributed by atoms with Crippen molar-refractivity contribution in [1.29, 1.82) is 0 Å². The maximum Gasteiger partial charge on any atom is 0.254 e. The van der Waals surface area contributed by atoms with E-state index in [0.29, 0.717) is 17.1 Å². The Bertz CT molecular complexity index is 753. The van der Waals surface area contributed by atoms with Gasteiger partial charge in [-0.15, -0.1) is 0 Å². The van der Waals surface area contributed by atoms with Gasteiger partial charge in [0.2, 0.25) is 5.91 Å². The number of anilines is 1. The zero-order chi connectivity index (χ0) is 15.6. The van der Waals surface area contributed by atoms with Crippen LogP contribution in [0.1, 0.15) is 22.6 Å². The normalized spacial score (nSPS) is 10.5. The third-order valence-corrected chi connectivity index (χ3v) is 4.30. The average molecular weight is 397 g/mol. The molecule has 1 heterocycles. The fourth-order valence-corrected chi connectivity index (χ4v) is 2.51. The number of carbonyl (C=O) groups excluding carboxylic acids is 1. The number of hydrogen-bond donors (Lipinski definition) is 2. The molecule has 2 N–H and O–H groups in total. The van der Waals surface area contributed by atoms with Gasteiger partial charge in [0.1, 0.15) is 5.82 Å². The Balaban J connectivity index is 2.15. The van der Waals surface area contributed by atoms with Crippen LogP contribution in [-0.4, -0.2) is 15.9 Å². The lowest BCUT2D eigenvalue weighted by molar-refractivity contribution is -0.115. The van der Waals surface area contributed by atoms with Crippen molar-refractivity contribution in [3.05, 3.63) is 54.8 Å². The first-order chi connectivity index (χ1) is 9.86. The summed E-state index contributed by atoms with van der Waals surface area (Å²) in [6.45, 7) is 5.46. The smallest absolute Gasteiger partial charge is 0.254 e. The zero-order valence-corrected chi connectivity index (χ0v) is 14.2. The number of aromatic nitrogens is 2. The molecule has 0 atom stereocenters. The Morgan fingerprint density at radius 2 is 2.05 bits per heavy atom. The maximum absolute atomic E-state index is 12.1. The number of nitrogens with one attached hydrogen (secondary N) is 2. The third kappa shape index (κ3) is 3.90. The molecule has 1 aromatic heterocycles. The summed E-state index contributed by atoms with van der Waals surface area (Å²) in [6, 6.07) is 5.70. The van der Waals surface area contributed by atoms with E-state index < -0.39 is 0 Å². The second-order valence-electron chi connectivity index (χ2n) is 4.90.